The number of nitrogens with one attached hydrogen (secondary N) is 2. The Kier molecular flexibility index (Phi) is 4.09. The normalized spacial score (nSPS) is 25.2. The van der Waals surface area contributed by atoms with E-state index in [4.69, 9.17) is 9.72 Å². The zero-order valence-corrected chi connectivity index (χ0v) is 15.8. The van der Waals surface area contributed by atoms with Crippen LogP contribution in [0.1, 0.15) is 49.8 Å². The number of carbonyl (C=O) groups is 1. The third kappa shape index (κ3) is 2.68. The van der Waals surface area contributed by atoms with Crippen molar-refractivity contribution in [3.63, 3.8) is 0 Å². The SMILES string of the molecule is COCc1[nH]ncc1Nc1ncc2c(n1)N(C1CCCC(O)C1)C(=O)C21CC1. The van der Waals surface area contributed by atoms with Gasteiger partial charge in [0.2, 0.25) is 11.9 Å². The lowest BCUT2D eigenvalue weighted by atomic mass is 9.92. The largest absolute Gasteiger partial charge is 0.393 e. The number of hydrogen-bond acceptors (Lipinski definition) is 7. The molecule has 3 N–H and O–H groups in total. The van der Waals surface area contributed by atoms with Gasteiger partial charge in [-0.25, -0.2) is 4.98 Å². The van der Waals surface area contributed by atoms with Crippen LogP contribution in [0.15, 0.2) is 12.4 Å². The number of aromatic nitrogens is 4. The molecule has 2 aromatic heterocycles. The zero-order chi connectivity index (χ0) is 19.3. The number of amides is 1. The van der Waals surface area contributed by atoms with E-state index in [1.54, 1.807) is 19.5 Å². The number of aliphatic hydroxyl groups excluding tert-OH is 1. The van der Waals surface area contributed by atoms with Gasteiger partial charge in [0.25, 0.3) is 0 Å². The predicted octanol–water partition coefficient (Wildman–Crippen LogP) is 1.77. The first-order chi connectivity index (χ1) is 13.6. The second-order valence-electron chi connectivity index (χ2n) is 7.98. The highest BCUT2D eigenvalue weighted by molar-refractivity contribution is 6.09. The molecule has 28 heavy (non-hydrogen) atoms. The highest BCUT2D eigenvalue weighted by Crippen LogP contribution is 2.57. The van der Waals surface area contributed by atoms with Crippen molar-refractivity contribution < 1.29 is 14.6 Å². The van der Waals surface area contributed by atoms with E-state index in [0.29, 0.717) is 24.8 Å². The summed E-state index contributed by atoms with van der Waals surface area (Å²) in [5.74, 6) is 1.23. The maximum Gasteiger partial charge on any atom is 0.239 e. The summed E-state index contributed by atoms with van der Waals surface area (Å²) in [5.41, 5.74) is 2.03. The first-order valence-electron chi connectivity index (χ1n) is 9.80. The van der Waals surface area contributed by atoms with Crippen molar-refractivity contribution in [1.82, 2.24) is 20.2 Å². The molecular formula is C19H24N6O3. The average Bonchev–Trinajstić information content (AvgIpc) is 3.32. The number of H-pyrrole nitrogens is 1. The lowest BCUT2D eigenvalue weighted by molar-refractivity contribution is -0.121. The Morgan fingerprint density at radius 1 is 1.39 bits per heavy atom. The number of aromatic amines is 1. The molecule has 3 aliphatic rings. The van der Waals surface area contributed by atoms with E-state index in [2.05, 4.69) is 20.5 Å². The minimum Gasteiger partial charge on any atom is -0.393 e. The second kappa shape index (κ2) is 6.52. The molecule has 2 aliphatic carbocycles. The van der Waals surface area contributed by atoms with E-state index < -0.39 is 5.41 Å². The van der Waals surface area contributed by atoms with Gasteiger partial charge in [0, 0.05) is 24.9 Å². The van der Waals surface area contributed by atoms with Crippen LogP contribution < -0.4 is 10.2 Å². The minimum atomic E-state index is -0.437. The number of nitrogens with zero attached hydrogens (tertiary/aromatic N) is 4. The topological polar surface area (TPSA) is 116 Å². The molecule has 0 aromatic carbocycles. The standard InChI is InChI=1S/C19H24N6O3/c1-28-10-15-14(9-21-24-15)22-18-20-8-13-16(23-18)25(17(27)19(13)5-6-19)11-3-2-4-12(26)7-11/h8-9,11-12,26H,2-7,10H2,1H3,(H,21,24)(H,20,22,23). The molecule has 0 radical (unpaired) electrons. The first kappa shape index (κ1) is 17.6. The summed E-state index contributed by atoms with van der Waals surface area (Å²) in [4.78, 5) is 24.3. The quantitative estimate of drug-likeness (QED) is 0.719. The summed E-state index contributed by atoms with van der Waals surface area (Å²) in [7, 11) is 1.62. The number of hydrogen-bond donors (Lipinski definition) is 3. The molecule has 2 unspecified atom stereocenters. The van der Waals surface area contributed by atoms with E-state index in [1.165, 1.54) is 0 Å². The van der Waals surface area contributed by atoms with Crippen LogP contribution in [0.25, 0.3) is 0 Å². The number of ether oxygens (including phenoxy) is 1. The number of anilines is 3. The van der Waals surface area contributed by atoms with Gasteiger partial charge in [-0.1, -0.05) is 0 Å². The molecule has 3 heterocycles. The molecular weight excluding hydrogens is 360 g/mol. The molecule has 5 rings (SSSR count). The highest BCUT2D eigenvalue weighted by Gasteiger charge is 2.61. The molecule has 1 amide bonds. The molecule has 2 saturated carbocycles. The van der Waals surface area contributed by atoms with Crippen LogP contribution in [0.3, 0.4) is 0 Å². The van der Waals surface area contributed by atoms with Crippen molar-refractivity contribution in [2.24, 2.45) is 0 Å². The number of aliphatic hydroxyl groups is 1. The summed E-state index contributed by atoms with van der Waals surface area (Å²) in [5, 5.41) is 20.2. The fourth-order valence-electron chi connectivity index (χ4n) is 4.51. The lowest BCUT2D eigenvalue weighted by Crippen LogP contribution is -2.44. The van der Waals surface area contributed by atoms with Crippen molar-refractivity contribution in [3.05, 3.63) is 23.7 Å². The number of rotatable bonds is 5. The van der Waals surface area contributed by atoms with Gasteiger partial charge < -0.3 is 15.2 Å². The van der Waals surface area contributed by atoms with Crippen LogP contribution in [0, 0.1) is 0 Å². The van der Waals surface area contributed by atoms with Gasteiger partial charge in [-0.2, -0.15) is 10.1 Å². The zero-order valence-electron chi connectivity index (χ0n) is 15.8. The molecule has 0 saturated heterocycles. The van der Waals surface area contributed by atoms with Crippen molar-refractivity contribution in [1.29, 1.82) is 0 Å². The van der Waals surface area contributed by atoms with Crippen molar-refractivity contribution in [3.8, 4) is 0 Å². The van der Waals surface area contributed by atoms with Gasteiger partial charge in [0.05, 0.1) is 35.7 Å². The Hall–Kier alpha value is -2.52. The Morgan fingerprint density at radius 2 is 2.25 bits per heavy atom. The molecule has 9 heteroatoms. The summed E-state index contributed by atoms with van der Waals surface area (Å²) in [6, 6.07) is -0.00398. The fraction of sp³-hybridized carbons (Fsp3) is 0.579. The Morgan fingerprint density at radius 3 is 3.00 bits per heavy atom. The van der Waals surface area contributed by atoms with Crippen LogP contribution in [0.4, 0.5) is 17.5 Å². The maximum atomic E-state index is 13.2. The van der Waals surface area contributed by atoms with Crippen LogP contribution in [0.5, 0.6) is 0 Å². The summed E-state index contributed by atoms with van der Waals surface area (Å²) in [6.45, 7) is 0.390. The van der Waals surface area contributed by atoms with Crippen LogP contribution in [0.2, 0.25) is 0 Å². The monoisotopic (exact) mass is 384 g/mol. The summed E-state index contributed by atoms with van der Waals surface area (Å²) >= 11 is 0. The van der Waals surface area contributed by atoms with Crippen molar-refractivity contribution >= 4 is 23.4 Å². The van der Waals surface area contributed by atoms with E-state index in [0.717, 1.165) is 49.0 Å². The van der Waals surface area contributed by atoms with Gasteiger partial charge in [0.15, 0.2) is 0 Å². The molecule has 1 aliphatic heterocycles. The third-order valence-electron chi connectivity index (χ3n) is 6.13. The lowest BCUT2D eigenvalue weighted by Gasteiger charge is -2.33. The van der Waals surface area contributed by atoms with Gasteiger partial charge >= 0.3 is 0 Å². The van der Waals surface area contributed by atoms with Gasteiger partial charge in [-0.3, -0.25) is 14.8 Å². The summed E-state index contributed by atoms with van der Waals surface area (Å²) in [6.07, 6.45) is 8.00. The molecule has 2 atom stereocenters. The molecule has 2 aromatic rings. The number of fused-ring (bicyclic) bond motifs is 2. The average molecular weight is 384 g/mol. The molecule has 1 spiro atoms. The first-order valence-corrected chi connectivity index (χ1v) is 9.80. The van der Waals surface area contributed by atoms with Crippen LogP contribution >= 0.6 is 0 Å². The van der Waals surface area contributed by atoms with E-state index >= 15 is 0 Å². The molecule has 148 valence electrons. The maximum absolute atomic E-state index is 13.2. The van der Waals surface area contributed by atoms with Crippen molar-refractivity contribution in [2.45, 2.75) is 62.7 Å². The molecule has 9 nitrogen and oxygen atoms in total. The highest BCUT2D eigenvalue weighted by atomic mass is 16.5. The third-order valence-corrected chi connectivity index (χ3v) is 6.13. The van der Waals surface area contributed by atoms with Gasteiger partial charge in [-0.05, 0) is 38.5 Å². The molecule has 2 fully saturated rings. The minimum absolute atomic E-state index is 0.00398. The van der Waals surface area contributed by atoms with E-state index in [1.807, 2.05) is 4.90 Å². The van der Waals surface area contributed by atoms with Crippen molar-refractivity contribution in [2.75, 3.05) is 17.3 Å². The number of carbonyl (C=O) groups excluding carboxylic acids is 1. The van der Waals surface area contributed by atoms with E-state index in [-0.39, 0.29) is 18.1 Å². The predicted molar refractivity (Wildman–Crippen MR) is 101 cm³/mol. The smallest absolute Gasteiger partial charge is 0.239 e. The van der Waals surface area contributed by atoms with Gasteiger partial charge in [0.1, 0.15) is 5.82 Å². The number of methoxy groups -OCH3 is 1. The molecule has 0 bridgehead atoms. The van der Waals surface area contributed by atoms with Crippen LogP contribution in [-0.4, -0.2) is 50.4 Å². The van der Waals surface area contributed by atoms with E-state index in [9.17, 15) is 9.90 Å². The second-order valence-corrected chi connectivity index (χ2v) is 7.98. The summed E-state index contributed by atoms with van der Waals surface area (Å²) < 4.78 is 5.17. The Balaban J connectivity index is 1.48. The van der Waals surface area contributed by atoms with Gasteiger partial charge in [-0.15, -0.1) is 0 Å². The Bertz CT molecular complexity index is 909. The fourth-order valence-corrected chi connectivity index (χ4v) is 4.51. The Labute approximate surface area is 162 Å². The van der Waals surface area contributed by atoms with Crippen LogP contribution in [-0.2, 0) is 21.6 Å².